The van der Waals surface area contributed by atoms with Crippen LogP contribution in [0, 0.1) is 5.92 Å². The second kappa shape index (κ2) is 9.05. The van der Waals surface area contributed by atoms with Gasteiger partial charge < -0.3 is 15.4 Å². The van der Waals surface area contributed by atoms with Crippen LogP contribution in [-0.2, 0) is 11.3 Å². The third-order valence-corrected chi connectivity index (χ3v) is 3.58. The Morgan fingerprint density at radius 1 is 1.33 bits per heavy atom. The molecule has 0 saturated carbocycles. The highest BCUT2D eigenvalue weighted by molar-refractivity contribution is 9.10. The summed E-state index contributed by atoms with van der Waals surface area (Å²) in [5.41, 5.74) is 1.02. The molecule has 1 unspecified atom stereocenters. The SMILES string of the molecule is CNCc1cc(Br)ccc1OC(C)C(=O)NCCC(C)C. The normalized spacial score (nSPS) is 12.3. The first-order chi connectivity index (χ1) is 9.93. The van der Waals surface area contributed by atoms with Crippen molar-refractivity contribution in [1.29, 1.82) is 0 Å². The number of halogens is 1. The predicted molar refractivity (Wildman–Crippen MR) is 89.5 cm³/mol. The fraction of sp³-hybridized carbons (Fsp3) is 0.562. The standard InChI is InChI=1S/C16H25BrN2O2/c1-11(2)7-8-19-16(20)12(3)21-15-6-5-14(17)9-13(15)10-18-4/h5-6,9,11-12,18H,7-8,10H2,1-4H3,(H,19,20). The van der Waals surface area contributed by atoms with E-state index >= 15 is 0 Å². The molecule has 1 aromatic carbocycles. The van der Waals surface area contributed by atoms with E-state index in [1.165, 1.54) is 0 Å². The minimum absolute atomic E-state index is 0.0750. The van der Waals surface area contributed by atoms with Crippen molar-refractivity contribution < 1.29 is 9.53 Å². The van der Waals surface area contributed by atoms with Crippen molar-refractivity contribution >= 4 is 21.8 Å². The average Bonchev–Trinajstić information content (AvgIpc) is 2.41. The number of hydrogen-bond donors (Lipinski definition) is 2. The topological polar surface area (TPSA) is 50.4 Å². The Balaban J connectivity index is 2.61. The first-order valence-electron chi connectivity index (χ1n) is 7.31. The number of amides is 1. The van der Waals surface area contributed by atoms with Crippen LogP contribution in [-0.4, -0.2) is 25.6 Å². The van der Waals surface area contributed by atoms with Gasteiger partial charge in [-0.3, -0.25) is 4.79 Å². The first kappa shape index (κ1) is 18.0. The Morgan fingerprint density at radius 2 is 2.05 bits per heavy atom. The highest BCUT2D eigenvalue weighted by Crippen LogP contribution is 2.24. The molecular formula is C16H25BrN2O2. The van der Waals surface area contributed by atoms with Gasteiger partial charge in [-0.15, -0.1) is 0 Å². The summed E-state index contributed by atoms with van der Waals surface area (Å²) in [6.07, 6.45) is 0.468. The number of benzene rings is 1. The molecule has 4 nitrogen and oxygen atoms in total. The van der Waals surface area contributed by atoms with Gasteiger partial charge in [0.05, 0.1) is 0 Å². The van der Waals surface area contributed by atoms with Gasteiger partial charge in [0, 0.05) is 23.1 Å². The third-order valence-electron chi connectivity index (χ3n) is 3.08. The molecule has 0 radical (unpaired) electrons. The lowest BCUT2D eigenvalue weighted by molar-refractivity contribution is -0.127. The van der Waals surface area contributed by atoms with Gasteiger partial charge in [-0.25, -0.2) is 0 Å². The highest BCUT2D eigenvalue weighted by Gasteiger charge is 2.16. The van der Waals surface area contributed by atoms with Crippen LogP contribution >= 0.6 is 15.9 Å². The molecule has 2 N–H and O–H groups in total. The molecule has 118 valence electrons. The molecule has 0 saturated heterocycles. The summed E-state index contributed by atoms with van der Waals surface area (Å²) >= 11 is 3.45. The van der Waals surface area contributed by atoms with Gasteiger partial charge >= 0.3 is 0 Å². The zero-order valence-electron chi connectivity index (χ0n) is 13.2. The Labute approximate surface area is 135 Å². The van der Waals surface area contributed by atoms with Crippen molar-refractivity contribution in [1.82, 2.24) is 10.6 Å². The maximum Gasteiger partial charge on any atom is 0.260 e. The van der Waals surface area contributed by atoms with Crippen molar-refractivity contribution in [3.63, 3.8) is 0 Å². The van der Waals surface area contributed by atoms with Crippen molar-refractivity contribution in [2.45, 2.75) is 39.8 Å². The molecule has 21 heavy (non-hydrogen) atoms. The number of hydrogen-bond acceptors (Lipinski definition) is 3. The molecule has 1 aromatic rings. The minimum atomic E-state index is -0.506. The second-order valence-electron chi connectivity index (χ2n) is 5.52. The largest absolute Gasteiger partial charge is 0.481 e. The molecule has 1 rings (SSSR count). The fourth-order valence-electron chi connectivity index (χ4n) is 1.86. The van der Waals surface area contributed by atoms with Crippen LogP contribution in [0.15, 0.2) is 22.7 Å². The lowest BCUT2D eigenvalue weighted by Crippen LogP contribution is -2.37. The molecule has 0 aliphatic rings. The molecule has 0 spiro atoms. The van der Waals surface area contributed by atoms with E-state index in [1.54, 1.807) is 6.92 Å². The summed E-state index contributed by atoms with van der Waals surface area (Å²) in [6.45, 7) is 7.43. The molecule has 0 fully saturated rings. The van der Waals surface area contributed by atoms with Gasteiger partial charge in [0.15, 0.2) is 6.10 Å². The van der Waals surface area contributed by atoms with Crippen LogP contribution in [0.2, 0.25) is 0 Å². The van der Waals surface area contributed by atoms with Crippen LogP contribution in [0.1, 0.15) is 32.8 Å². The molecule has 0 bridgehead atoms. The number of carbonyl (C=O) groups excluding carboxylic acids is 1. The zero-order chi connectivity index (χ0) is 15.8. The van der Waals surface area contributed by atoms with E-state index in [9.17, 15) is 4.79 Å². The van der Waals surface area contributed by atoms with Crippen molar-refractivity contribution in [3.05, 3.63) is 28.2 Å². The highest BCUT2D eigenvalue weighted by atomic mass is 79.9. The third kappa shape index (κ3) is 6.48. The Kier molecular flexibility index (Phi) is 7.75. The maximum atomic E-state index is 12.0. The summed E-state index contributed by atoms with van der Waals surface area (Å²) in [5.74, 6) is 1.24. The predicted octanol–water partition coefficient (Wildman–Crippen LogP) is 3.10. The number of carbonyl (C=O) groups is 1. The Hall–Kier alpha value is -1.07. The van der Waals surface area contributed by atoms with E-state index in [0.717, 1.165) is 22.2 Å². The molecule has 1 atom stereocenters. The van der Waals surface area contributed by atoms with E-state index < -0.39 is 6.10 Å². The Morgan fingerprint density at radius 3 is 2.67 bits per heavy atom. The van der Waals surface area contributed by atoms with Crippen LogP contribution < -0.4 is 15.4 Å². The van der Waals surface area contributed by atoms with Crippen LogP contribution in [0.4, 0.5) is 0 Å². The van der Waals surface area contributed by atoms with Crippen molar-refractivity contribution in [2.75, 3.05) is 13.6 Å². The van der Waals surface area contributed by atoms with E-state index in [0.29, 0.717) is 19.0 Å². The molecular weight excluding hydrogens is 332 g/mol. The van der Waals surface area contributed by atoms with Crippen LogP contribution in [0.3, 0.4) is 0 Å². The molecule has 0 aromatic heterocycles. The zero-order valence-corrected chi connectivity index (χ0v) is 14.8. The summed E-state index contributed by atoms with van der Waals surface area (Å²) in [7, 11) is 1.88. The average molecular weight is 357 g/mol. The van der Waals surface area contributed by atoms with Crippen molar-refractivity contribution in [2.24, 2.45) is 5.92 Å². The summed E-state index contributed by atoms with van der Waals surface area (Å²) in [4.78, 5) is 12.0. The molecule has 0 aliphatic heterocycles. The summed E-state index contributed by atoms with van der Waals surface area (Å²) in [6, 6.07) is 5.79. The number of ether oxygens (including phenoxy) is 1. The molecule has 0 aliphatic carbocycles. The fourth-order valence-corrected chi connectivity index (χ4v) is 2.27. The first-order valence-corrected chi connectivity index (χ1v) is 8.10. The molecule has 0 heterocycles. The second-order valence-corrected chi connectivity index (χ2v) is 6.43. The number of nitrogens with one attached hydrogen (secondary N) is 2. The minimum Gasteiger partial charge on any atom is -0.481 e. The Bertz CT molecular complexity index is 464. The van der Waals surface area contributed by atoms with E-state index in [-0.39, 0.29) is 5.91 Å². The monoisotopic (exact) mass is 356 g/mol. The lowest BCUT2D eigenvalue weighted by Gasteiger charge is -2.18. The van der Waals surface area contributed by atoms with E-state index in [2.05, 4.69) is 40.4 Å². The van der Waals surface area contributed by atoms with Gasteiger partial charge in [-0.1, -0.05) is 29.8 Å². The molecule has 5 heteroatoms. The van der Waals surface area contributed by atoms with Crippen LogP contribution in [0.25, 0.3) is 0 Å². The maximum absolute atomic E-state index is 12.0. The van der Waals surface area contributed by atoms with Gasteiger partial charge in [0.25, 0.3) is 5.91 Å². The van der Waals surface area contributed by atoms with Gasteiger partial charge in [0.2, 0.25) is 0 Å². The van der Waals surface area contributed by atoms with E-state index in [1.807, 2.05) is 25.2 Å². The van der Waals surface area contributed by atoms with Gasteiger partial charge in [-0.2, -0.15) is 0 Å². The van der Waals surface area contributed by atoms with Crippen LogP contribution in [0.5, 0.6) is 5.75 Å². The van der Waals surface area contributed by atoms with Gasteiger partial charge in [-0.05, 0) is 44.5 Å². The quantitative estimate of drug-likeness (QED) is 0.752. The summed E-state index contributed by atoms with van der Waals surface area (Å²) in [5, 5.41) is 6.01. The summed E-state index contributed by atoms with van der Waals surface area (Å²) < 4.78 is 6.79. The number of rotatable bonds is 8. The van der Waals surface area contributed by atoms with Crippen molar-refractivity contribution in [3.8, 4) is 5.75 Å². The smallest absolute Gasteiger partial charge is 0.260 e. The molecule has 1 amide bonds. The van der Waals surface area contributed by atoms with Gasteiger partial charge in [0.1, 0.15) is 5.75 Å². The van der Waals surface area contributed by atoms with E-state index in [4.69, 9.17) is 4.74 Å². The lowest BCUT2D eigenvalue weighted by atomic mass is 10.1.